The van der Waals surface area contributed by atoms with Crippen molar-refractivity contribution >= 4 is 23.5 Å². The van der Waals surface area contributed by atoms with Gasteiger partial charge in [-0.1, -0.05) is 42.5 Å². The smallest absolute Gasteiger partial charge is 0.417 e. The van der Waals surface area contributed by atoms with Gasteiger partial charge in [0.15, 0.2) is 0 Å². The van der Waals surface area contributed by atoms with Crippen LogP contribution in [0.3, 0.4) is 0 Å². The lowest BCUT2D eigenvalue weighted by molar-refractivity contribution is -0.137. The van der Waals surface area contributed by atoms with E-state index in [1.807, 2.05) is 48.5 Å². The van der Waals surface area contributed by atoms with E-state index < -0.39 is 23.5 Å². The third kappa shape index (κ3) is 6.42. The number of rotatable bonds is 8. The lowest BCUT2D eigenvalue weighted by Gasteiger charge is -2.10. The predicted molar refractivity (Wildman–Crippen MR) is 131 cm³/mol. The number of thioether (sulfide) groups is 1. The Bertz CT molecular complexity index is 1360. The van der Waals surface area contributed by atoms with Crippen LogP contribution in [-0.2, 0) is 18.5 Å². The van der Waals surface area contributed by atoms with E-state index >= 15 is 0 Å². The van der Waals surface area contributed by atoms with E-state index in [9.17, 15) is 27.5 Å². The molecule has 0 aliphatic heterocycles. The number of carboxylic acid groups (broad SMARTS) is 1. The van der Waals surface area contributed by atoms with E-state index in [0.29, 0.717) is 23.0 Å². The number of hydrogen-bond acceptors (Lipinski definition) is 4. The van der Waals surface area contributed by atoms with Crippen molar-refractivity contribution in [3.8, 4) is 11.1 Å². The molecule has 0 spiro atoms. The van der Waals surface area contributed by atoms with Crippen LogP contribution >= 0.6 is 11.8 Å². The molecule has 0 atom stereocenters. The van der Waals surface area contributed by atoms with E-state index in [1.54, 1.807) is 0 Å². The highest BCUT2D eigenvalue weighted by molar-refractivity contribution is 7.98. The second-order valence-electron chi connectivity index (χ2n) is 7.92. The highest BCUT2D eigenvalue weighted by atomic mass is 32.2. The first-order valence-electron chi connectivity index (χ1n) is 10.8. The number of nitrogens with zero attached hydrogens (tertiary/aromatic N) is 1. The van der Waals surface area contributed by atoms with Gasteiger partial charge in [-0.05, 0) is 58.7 Å². The normalized spacial score (nSPS) is 11.3. The average molecular weight is 513 g/mol. The Kier molecular flexibility index (Phi) is 7.59. The largest absolute Gasteiger partial charge is 0.478 e. The zero-order valence-corrected chi connectivity index (χ0v) is 19.5. The summed E-state index contributed by atoms with van der Waals surface area (Å²) in [7, 11) is 0. The highest BCUT2D eigenvalue weighted by Crippen LogP contribution is 2.30. The van der Waals surface area contributed by atoms with Crippen LogP contribution in [-0.4, -0.2) is 16.1 Å². The molecule has 36 heavy (non-hydrogen) atoms. The number of benzene rings is 3. The number of hydrogen-bond donors (Lipinski definition) is 2. The number of pyridine rings is 1. The van der Waals surface area contributed by atoms with Crippen molar-refractivity contribution in [3.63, 3.8) is 0 Å². The Morgan fingerprint density at radius 1 is 0.917 bits per heavy atom. The Morgan fingerprint density at radius 2 is 1.69 bits per heavy atom. The van der Waals surface area contributed by atoms with Crippen LogP contribution in [0.2, 0.25) is 0 Å². The van der Waals surface area contributed by atoms with Crippen molar-refractivity contribution in [2.24, 2.45) is 0 Å². The van der Waals surface area contributed by atoms with Gasteiger partial charge in [0, 0.05) is 23.4 Å². The molecule has 184 valence electrons. The summed E-state index contributed by atoms with van der Waals surface area (Å²) in [5.41, 5.74) is 3.01. The first kappa shape index (κ1) is 25.2. The molecule has 0 aliphatic rings. The minimum atomic E-state index is -4.42. The lowest BCUT2D eigenvalue weighted by Crippen LogP contribution is -2.07. The van der Waals surface area contributed by atoms with Crippen molar-refractivity contribution in [2.75, 3.05) is 5.32 Å². The maximum atomic E-state index is 13.4. The van der Waals surface area contributed by atoms with E-state index in [1.165, 1.54) is 30.0 Å². The van der Waals surface area contributed by atoms with Crippen molar-refractivity contribution in [3.05, 3.63) is 113 Å². The summed E-state index contributed by atoms with van der Waals surface area (Å²) in [5.74, 6) is -0.886. The van der Waals surface area contributed by atoms with Crippen LogP contribution in [0.15, 0.2) is 90.0 Å². The molecular formula is C27H20F4N2O2S. The van der Waals surface area contributed by atoms with E-state index in [0.717, 1.165) is 40.6 Å². The molecule has 0 fully saturated rings. The fourth-order valence-electron chi connectivity index (χ4n) is 3.47. The quantitative estimate of drug-likeness (QED) is 0.189. The first-order valence-corrected chi connectivity index (χ1v) is 11.8. The van der Waals surface area contributed by atoms with E-state index in [4.69, 9.17) is 0 Å². The van der Waals surface area contributed by atoms with E-state index in [-0.39, 0.29) is 5.56 Å². The molecule has 0 saturated heterocycles. The first-order chi connectivity index (χ1) is 17.2. The van der Waals surface area contributed by atoms with Crippen LogP contribution in [0.4, 0.5) is 23.4 Å². The number of carboxylic acids is 1. The fourth-order valence-corrected chi connectivity index (χ4v) is 4.45. The second-order valence-corrected chi connectivity index (χ2v) is 8.93. The van der Waals surface area contributed by atoms with Crippen LogP contribution in [0.25, 0.3) is 11.1 Å². The molecule has 0 bridgehead atoms. The van der Waals surface area contributed by atoms with Crippen molar-refractivity contribution in [1.29, 1.82) is 0 Å². The fraction of sp³-hybridized carbons (Fsp3) is 0.111. The van der Waals surface area contributed by atoms with Gasteiger partial charge in [-0.25, -0.2) is 14.2 Å². The summed E-state index contributed by atoms with van der Waals surface area (Å²) in [6, 6.07) is 21.6. The van der Waals surface area contributed by atoms with Gasteiger partial charge < -0.3 is 10.4 Å². The zero-order valence-electron chi connectivity index (χ0n) is 18.7. The summed E-state index contributed by atoms with van der Waals surface area (Å²) in [6.45, 7) is 0.393. The molecular weight excluding hydrogens is 492 g/mol. The molecule has 1 heterocycles. The summed E-state index contributed by atoms with van der Waals surface area (Å²) in [4.78, 5) is 15.7. The van der Waals surface area contributed by atoms with Crippen LogP contribution in [0.5, 0.6) is 0 Å². The van der Waals surface area contributed by atoms with Gasteiger partial charge in [-0.2, -0.15) is 13.2 Å². The molecule has 3 aromatic carbocycles. The van der Waals surface area contributed by atoms with Crippen LogP contribution < -0.4 is 5.32 Å². The molecule has 2 N–H and O–H groups in total. The van der Waals surface area contributed by atoms with Crippen molar-refractivity contribution in [2.45, 2.75) is 23.4 Å². The van der Waals surface area contributed by atoms with Gasteiger partial charge in [0.2, 0.25) is 0 Å². The topological polar surface area (TPSA) is 62.2 Å². The van der Waals surface area contributed by atoms with E-state index in [2.05, 4.69) is 10.3 Å². The summed E-state index contributed by atoms with van der Waals surface area (Å²) in [6.07, 6.45) is -3.62. The number of carbonyl (C=O) groups is 1. The maximum Gasteiger partial charge on any atom is 0.417 e. The SMILES string of the molecule is O=C(O)c1cc(F)ccc1SCc1ccc(-c2cccc(CNc3ccc(C(F)(F)F)cn3)c2)cc1. The van der Waals surface area contributed by atoms with Gasteiger partial charge in [0.05, 0.1) is 11.1 Å². The zero-order chi connectivity index (χ0) is 25.7. The van der Waals surface area contributed by atoms with Crippen molar-refractivity contribution < 1.29 is 27.5 Å². The number of aromatic nitrogens is 1. The number of alkyl halides is 3. The van der Waals surface area contributed by atoms with Crippen LogP contribution in [0, 0.1) is 5.82 Å². The maximum absolute atomic E-state index is 13.4. The Labute approximate surface area is 209 Å². The molecule has 0 unspecified atom stereocenters. The van der Waals surface area contributed by atoms with Gasteiger partial charge >= 0.3 is 12.1 Å². The Morgan fingerprint density at radius 3 is 2.36 bits per heavy atom. The molecule has 4 nitrogen and oxygen atoms in total. The molecule has 0 aliphatic carbocycles. The number of aromatic carboxylic acids is 1. The third-order valence-corrected chi connectivity index (χ3v) is 6.49. The van der Waals surface area contributed by atoms with Gasteiger partial charge in [0.1, 0.15) is 11.6 Å². The number of halogens is 4. The highest BCUT2D eigenvalue weighted by Gasteiger charge is 2.30. The predicted octanol–water partition coefficient (Wildman–Crippen LogP) is 7.51. The Balaban J connectivity index is 1.38. The summed E-state index contributed by atoms with van der Waals surface area (Å²) in [5, 5.41) is 12.3. The molecule has 9 heteroatoms. The third-order valence-electron chi connectivity index (χ3n) is 5.35. The molecule has 0 amide bonds. The van der Waals surface area contributed by atoms with Gasteiger partial charge in [-0.3, -0.25) is 0 Å². The lowest BCUT2D eigenvalue weighted by atomic mass is 10.0. The monoisotopic (exact) mass is 512 g/mol. The van der Waals surface area contributed by atoms with Gasteiger partial charge in [0.25, 0.3) is 0 Å². The number of anilines is 1. The minimum Gasteiger partial charge on any atom is -0.478 e. The van der Waals surface area contributed by atoms with Gasteiger partial charge in [-0.15, -0.1) is 11.8 Å². The van der Waals surface area contributed by atoms with Crippen molar-refractivity contribution in [1.82, 2.24) is 4.98 Å². The molecule has 4 rings (SSSR count). The Hall–Kier alpha value is -3.85. The second kappa shape index (κ2) is 10.8. The summed E-state index contributed by atoms with van der Waals surface area (Å²) >= 11 is 1.32. The molecule has 4 aromatic rings. The summed E-state index contributed by atoms with van der Waals surface area (Å²) < 4.78 is 51.4. The average Bonchev–Trinajstić information content (AvgIpc) is 2.87. The molecule has 0 radical (unpaired) electrons. The molecule has 0 saturated carbocycles. The number of nitrogens with one attached hydrogen (secondary N) is 1. The minimum absolute atomic E-state index is 0.0615. The van der Waals surface area contributed by atoms with Crippen LogP contribution in [0.1, 0.15) is 27.0 Å². The molecule has 1 aromatic heterocycles. The standard InChI is InChI=1S/C27H20F4N2O2S/c28-22-9-10-24(23(13-22)26(34)35)36-16-17-4-6-19(7-5-17)20-3-1-2-18(12-20)14-32-25-11-8-21(15-33-25)27(29,30)31/h1-13,15H,14,16H2,(H,32,33)(H,34,35).